The molecular formula is C28H28ClN3O5S. The highest BCUT2D eigenvalue weighted by molar-refractivity contribution is 8.15. The molecule has 1 saturated heterocycles. The fourth-order valence-corrected chi connectivity index (χ4v) is 5.20. The third-order valence-corrected chi connectivity index (χ3v) is 7.32. The highest BCUT2D eigenvalue weighted by Gasteiger charge is 2.36. The van der Waals surface area contributed by atoms with E-state index in [4.69, 9.17) is 30.8 Å². The number of anilines is 1. The van der Waals surface area contributed by atoms with Gasteiger partial charge < -0.3 is 19.5 Å². The predicted molar refractivity (Wildman–Crippen MR) is 151 cm³/mol. The van der Waals surface area contributed by atoms with Crippen LogP contribution in [0.15, 0.2) is 71.7 Å². The zero-order valence-corrected chi connectivity index (χ0v) is 22.8. The van der Waals surface area contributed by atoms with E-state index in [2.05, 4.69) is 5.32 Å². The average Bonchev–Trinajstić information content (AvgIpc) is 2.92. The van der Waals surface area contributed by atoms with Crippen LogP contribution in [0.1, 0.15) is 12.0 Å². The first kappa shape index (κ1) is 27.3. The first-order valence-electron chi connectivity index (χ1n) is 11.9. The monoisotopic (exact) mass is 553 g/mol. The zero-order chi connectivity index (χ0) is 27.1. The summed E-state index contributed by atoms with van der Waals surface area (Å²) in [5, 5.41) is 3.22. The fraction of sp³-hybridized carbons (Fsp3) is 0.250. The number of thioether (sulfide) groups is 1. The Morgan fingerprint density at radius 2 is 1.79 bits per heavy atom. The number of carbonyl (C=O) groups excluding carboxylic acids is 2. The maximum Gasteiger partial charge on any atom is 0.238 e. The second kappa shape index (κ2) is 12.7. The maximum atomic E-state index is 13.3. The SMILES string of the molecule is COc1ccc(NC(=O)C2CC(=O)N(CCc3ccc(OC)c(OC)c3)C(=Nc3cccc(Cl)c3)S2)cc1. The summed E-state index contributed by atoms with van der Waals surface area (Å²) < 4.78 is 15.9. The maximum absolute atomic E-state index is 13.3. The molecule has 0 aromatic heterocycles. The molecule has 0 spiro atoms. The number of amides is 2. The minimum atomic E-state index is -0.639. The second-order valence-corrected chi connectivity index (χ2v) is 9.99. The van der Waals surface area contributed by atoms with Crippen molar-refractivity contribution in [2.24, 2.45) is 4.99 Å². The van der Waals surface area contributed by atoms with E-state index in [1.54, 1.807) is 74.8 Å². The van der Waals surface area contributed by atoms with E-state index in [0.29, 0.717) is 51.8 Å². The van der Waals surface area contributed by atoms with Gasteiger partial charge in [-0.05, 0) is 66.6 Å². The van der Waals surface area contributed by atoms with Gasteiger partial charge in [-0.2, -0.15) is 0 Å². The largest absolute Gasteiger partial charge is 0.497 e. The van der Waals surface area contributed by atoms with Gasteiger partial charge in [-0.15, -0.1) is 0 Å². The van der Waals surface area contributed by atoms with Crippen molar-refractivity contribution in [3.8, 4) is 17.2 Å². The number of benzene rings is 3. The predicted octanol–water partition coefficient (Wildman–Crippen LogP) is 5.57. The topological polar surface area (TPSA) is 89.5 Å². The van der Waals surface area contributed by atoms with E-state index in [-0.39, 0.29) is 18.2 Å². The molecule has 38 heavy (non-hydrogen) atoms. The molecule has 0 aliphatic carbocycles. The van der Waals surface area contributed by atoms with Gasteiger partial charge in [0.05, 0.1) is 27.0 Å². The minimum absolute atomic E-state index is 0.0488. The van der Waals surface area contributed by atoms with E-state index >= 15 is 0 Å². The van der Waals surface area contributed by atoms with Gasteiger partial charge in [0.15, 0.2) is 16.7 Å². The van der Waals surface area contributed by atoms with Crippen LogP contribution in [-0.2, 0) is 16.0 Å². The Morgan fingerprint density at radius 3 is 2.47 bits per heavy atom. The van der Waals surface area contributed by atoms with Gasteiger partial charge in [0.25, 0.3) is 0 Å². The van der Waals surface area contributed by atoms with E-state index < -0.39 is 5.25 Å². The Labute approximate surface area is 230 Å². The number of hydrogen-bond donors (Lipinski definition) is 1. The van der Waals surface area contributed by atoms with Gasteiger partial charge in [-0.25, -0.2) is 4.99 Å². The molecule has 3 aromatic carbocycles. The summed E-state index contributed by atoms with van der Waals surface area (Å²) in [5.74, 6) is 1.49. The van der Waals surface area contributed by atoms with Crippen LogP contribution in [0.5, 0.6) is 17.2 Å². The van der Waals surface area contributed by atoms with Crippen molar-refractivity contribution in [2.45, 2.75) is 18.1 Å². The van der Waals surface area contributed by atoms with Crippen molar-refractivity contribution in [3.05, 3.63) is 77.3 Å². The Morgan fingerprint density at radius 1 is 1.03 bits per heavy atom. The first-order valence-corrected chi connectivity index (χ1v) is 13.1. The quantitative estimate of drug-likeness (QED) is 0.373. The van der Waals surface area contributed by atoms with Crippen LogP contribution in [0, 0.1) is 0 Å². The Hall–Kier alpha value is -3.69. The second-order valence-electron chi connectivity index (χ2n) is 8.39. The Balaban J connectivity index is 1.54. The highest BCUT2D eigenvalue weighted by atomic mass is 35.5. The lowest BCUT2D eigenvalue weighted by molar-refractivity contribution is -0.129. The standard InChI is InChI=1S/C28H28ClN3O5S/c1-35-22-10-8-20(9-11-22)30-27(34)25-17-26(33)32(28(38-25)31-21-6-4-5-19(29)16-21)14-13-18-7-12-23(36-2)24(15-18)37-3/h4-12,15-16,25H,13-14,17H2,1-3H3,(H,30,34). The molecule has 1 unspecified atom stereocenters. The molecule has 1 N–H and O–H groups in total. The molecule has 1 heterocycles. The van der Waals surface area contributed by atoms with Crippen LogP contribution >= 0.6 is 23.4 Å². The smallest absolute Gasteiger partial charge is 0.238 e. The molecule has 1 aliphatic rings. The number of ether oxygens (including phenoxy) is 3. The van der Waals surface area contributed by atoms with Gasteiger partial charge in [0.2, 0.25) is 11.8 Å². The van der Waals surface area contributed by atoms with Gasteiger partial charge in [-0.3, -0.25) is 14.5 Å². The molecule has 0 saturated carbocycles. The third-order valence-electron chi connectivity index (χ3n) is 5.89. The van der Waals surface area contributed by atoms with Crippen LogP contribution in [0.25, 0.3) is 0 Å². The third kappa shape index (κ3) is 6.79. The number of nitrogens with one attached hydrogen (secondary N) is 1. The molecule has 2 amide bonds. The molecule has 8 nitrogen and oxygen atoms in total. The van der Waals surface area contributed by atoms with E-state index in [1.807, 2.05) is 18.2 Å². The molecular weight excluding hydrogens is 526 g/mol. The minimum Gasteiger partial charge on any atom is -0.497 e. The van der Waals surface area contributed by atoms with Crippen molar-refractivity contribution in [1.29, 1.82) is 0 Å². The van der Waals surface area contributed by atoms with Crippen molar-refractivity contribution in [2.75, 3.05) is 33.2 Å². The first-order chi connectivity index (χ1) is 18.4. The summed E-state index contributed by atoms with van der Waals surface area (Å²) in [6, 6.07) is 19.7. The van der Waals surface area contributed by atoms with Crippen molar-refractivity contribution < 1.29 is 23.8 Å². The summed E-state index contributed by atoms with van der Waals surface area (Å²) in [6.45, 7) is 0.382. The summed E-state index contributed by atoms with van der Waals surface area (Å²) in [7, 11) is 4.75. The van der Waals surface area contributed by atoms with Crippen molar-refractivity contribution in [1.82, 2.24) is 4.90 Å². The number of nitrogens with zero attached hydrogens (tertiary/aromatic N) is 2. The van der Waals surface area contributed by atoms with Crippen molar-refractivity contribution in [3.63, 3.8) is 0 Å². The molecule has 3 aromatic rings. The van der Waals surface area contributed by atoms with Crippen LogP contribution in [0.2, 0.25) is 5.02 Å². The number of hydrogen-bond acceptors (Lipinski definition) is 7. The van der Waals surface area contributed by atoms with E-state index in [9.17, 15) is 9.59 Å². The summed E-state index contributed by atoms with van der Waals surface area (Å²) >= 11 is 7.42. The lowest BCUT2D eigenvalue weighted by atomic mass is 10.1. The van der Waals surface area contributed by atoms with Gasteiger partial charge in [0.1, 0.15) is 11.0 Å². The molecule has 0 radical (unpaired) electrons. The van der Waals surface area contributed by atoms with Crippen LogP contribution < -0.4 is 19.5 Å². The van der Waals surface area contributed by atoms with E-state index in [0.717, 1.165) is 5.56 Å². The number of amidine groups is 1. The molecule has 1 fully saturated rings. The molecule has 1 atom stereocenters. The number of methoxy groups -OCH3 is 3. The van der Waals surface area contributed by atoms with Gasteiger partial charge in [0, 0.05) is 23.7 Å². The van der Waals surface area contributed by atoms with Crippen LogP contribution in [0.3, 0.4) is 0 Å². The summed E-state index contributed by atoms with van der Waals surface area (Å²) in [5.41, 5.74) is 2.19. The average molecular weight is 554 g/mol. The summed E-state index contributed by atoms with van der Waals surface area (Å²) in [6.07, 6.45) is 0.608. The number of halogens is 1. The Kier molecular flexibility index (Phi) is 9.15. The van der Waals surface area contributed by atoms with Crippen molar-refractivity contribution >= 4 is 51.7 Å². The lowest BCUT2D eigenvalue weighted by Crippen LogP contribution is -2.46. The van der Waals surface area contributed by atoms with Gasteiger partial charge >= 0.3 is 0 Å². The number of aliphatic imine (C=N–C) groups is 1. The summed E-state index contributed by atoms with van der Waals surface area (Å²) in [4.78, 5) is 32.8. The van der Waals surface area contributed by atoms with E-state index in [1.165, 1.54) is 11.8 Å². The molecule has 0 bridgehead atoms. The Bertz CT molecular complexity index is 1330. The molecule has 198 valence electrons. The molecule has 10 heteroatoms. The fourth-order valence-electron chi connectivity index (χ4n) is 3.89. The van der Waals surface area contributed by atoms with Crippen LogP contribution in [-0.4, -0.2) is 55.0 Å². The number of rotatable bonds is 9. The molecule has 1 aliphatic heterocycles. The normalized spacial score (nSPS) is 16.3. The zero-order valence-electron chi connectivity index (χ0n) is 21.3. The van der Waals surface area contributed by atoms with Crippen LogP contribution in [0.4, 0.5) is 11.4 Å². The van der Waals surface area contributed by atoms with Gasteiger partial charge in [-0.1, -0.05) is 35.5 Å². The highest BCUT2D eigenvalue weighted by Crippen LogP contribution is 2.32. The lowest BCUT2D eigenvalue weighted by Gasteiger charge is -2.32. The molecule has 4 rings (SSSR count). The number of carbonyl (C=O) groups is 2.